The number of amides is 1. The van der Waals surface area contributed by atoms with E-state index in [0.717, 1.165) is 21.3 Å². The van der Waals surface area contributed by atoms with Crippen LogP contribution in [0.5, 0.6) is 5.75 Å². The van der Waals surface area contributed by atoms with Crippen LogP contribution in [0.25, 0.3) is 0 Å². The van der Waals surface area contributed by atoms with Crippen molar-refractivity contribution in [2.24, 2.45) is 0 Å². The highest BCUT2D eigenvalue weighted by molar-refractivity contribution is 5.90. The highest BCUT2D eigenvalue weighted by Gasteiger charge is 2.10. The molecule has 1 aromatic heterocycles. The molecular formula is C22H23N3O4. The van der Waals surface area contributed by atoms with E-state index in [-0.39, 0.29) is 19.0 Å². The minimum atomic E-state index is -0.739. The molecular weight excluding hydrogens is 370 g/mol. The first-order valence-corrected chi connectivity index (χ1v) is 9.16. The maximum Gasteiger partial charge on any atom is 0.316 e. The smallest absolute Gasteiger partial charge is 0.316 e. The second-order valence-electron chi connectivity index (χ2n) is 6.94. The molecule has 0 aliphatic carbocycles. The van der Waals surface area contributed by atoms with Gasteiger partial charge in [-0.2, -0.15) is 0 Å². The molecule has 0 saturated carbocycles. The predicted octanol–water partition coefficient (Wildman–Crippen LogP) is 2.32. The van der Waals surface area contributed by atoms with Crippen LogP contribution in [0, 0.1) is 13.8 Å². The van der Waals surface area contributed by atoms with Gasteiger partial charge < -0.3 is 14.6 Å². The number of aryl methyl sites for hydroxylation is 2. The maximum absolute atomic E-state index is 12.4. The van der Waals surface area contributed by atoms with Gasteiger partial charge in [0.2, 0.25) is 5.91 Å². The first kappa shape index (κ1) is 20.1. The quantitative estimate of drug-likeness (QED) is 0.652. The first-order chi connectivity index (χ1) is 13.9. The van der Waals surface area contributed by atoms with Crippen LogP contribution < -0.4 is 21.2 Å². The van der Waals surface area contributed by atoms with E-state index in [2.05, 4.69) is 5.32 Å². The number of methoxy groups -OCH3 is 1. The summed E-state index contributed by atoms with van der Waals surface area (Å²) in [6.45, 7) is 3.91. The number of carbonyl (C=O) groups excluding carboxylic acids is 1. The molecule has 0 atom stereocenters. The van der Waals surface area contributed by atoms with Gasteiger partial charge in [-0.1, -0.05) is 18.2 Å². The van der Waals surface area contributed by atoms with Crippen LogP contribution in [0.15, 0.2) is 64.4 Å². The van der Waals surface area contributed by atoms with Crippen molar-refractivity contribution in [3.05, 3.63) is 92.3 Å². The number of aromatic nitrogens is 2. The molecule has 1 N–H and O–H groups in total. The van der Waals surface area contributed by atoms with E-state index in [0.29, 0.717) is 11.4 Å². The molecule has 1 heterocycles. The molecule has 0 unspecified atom stereocenters. The highest BCUT2D eigenvalue weighted by atomic mass is 16.5. The molecule has 3 rings (SSSR count). The zero-order chi connectivity index (χ0) is 21.0. The number of nitrogens with one attached hydrogen (secondary N) is 1. The van der Waals surface area contributed by atoms with Gasteiger partial charge >= 0.3 is 11.1 Å². The lowest BCUT2D eigenvalue weighted by atomic mass is 10.1. The third kappa shape index (κ3) is 5.01. The van der Waals surface area contributed by atoms with Gasteiger partial charge in [0.25, 0.3) is 0 Å². The summed E-state index contributed by atoms with van der Waals surface area (Å²) in [5.74, 6) is 0.343. The van der Waals surface area contributed by atoms with Crippen LogP contribution in [0.3, 0.4) is 0 Å². The van der Waals surface area contributed by atoms with Crippen LogP contribution >= 0.6 is 0 Å². The predicted molar refractivity (Wildman–Crippen MR) is 112 cm³/mol. The summed E-state index contributed by atoms with van der Waals surface area (Å²) < 4.78 is 7.55. The number of hydrogen-bond acceptors (Lipinski definition) is 4. The van der Waals surface area contributed by atoms with E-state index in [1.165, 1.54) is 17.0 Å². The third-order valence-electron chi connectivity index (χ3n) is 4.46. The monoisotopic (exact) mass is 393 g/mol. The van der Waals surface area contributed by atoms with E-state index in [1.54, 1.807) is 19.2 Å². The number of ether oxygens (including phenoxy) is 1. The second kappa shape index (κ2) is 8.60. The molecule has 29 heavy (non-hydrogen) atoms. The van der Waals surface area contributed by atoms with Crippen molar-refractivity contribution in [2.75, 3.05) is 12.4 Å². The Kier molecular flexibility index (Phi) is 5.97. The van der Waals surface area contributed by atoms with Crippen LogP contribution in [0.1, 0.15) is 16.7 Å². The highest BCUT2D eigenvalue weighted by Crippen LogP contribution is 2.14. The lowest BCUT2D eigenvalue weighted by Gasteiger charge is -2.11. The Morgan fingerprint density at radius 3 is 2.14 bits per heavy atom. The Morgan fingerprint density at radius 2 is 1.52 bits per heavy atom. The molecule has 7 nitrogen and oxygen atoms in total. The fourth-order valence-corrected chi connectivity index (χ4v) is 3.12. The topological polar surface area (TPSA) is 82.3 Å². The third-order valence-corrected chi connectivity index (χ3v) is 4.46. The SMILES string of the molecule is COc1ccc(Cn2ccn(CC(=O)Nc3cc(C)cc(C)c3)c(=O)c2=O)cc1. The van der Waals surface area contributed by atoms with Crippen molar-refractivity contribution in [1.82, 2.24) is 9.13 Å². The van der Waals surface area contributed by atoms with Crippen LogP contribution in [0.4, 0.5) is 5.69 Å². The average Bonchev–Trinajstić information content (AvgIpc) is 2.67. The Hall–Kier alpha value is -3.61. The first-order valence-electron chi connectivity index (χ1n) is 9.16. The fraction of sp³-hybridized carbons (Fsp3) is 0.227. The molecule has 7 heteroatoms. The van der Waals surface area contributed by atoms with Gasteiger partial charge in [-0.05, 0) is 54.8 Å². The van der Waals surface area contributed by atoms with Gasteiger partial charge in [0, 0.05) is 18.1 Å². The molecule has 1 amide bonds. The van der Waals surface area contributed by atoms with Crippen molar-refractivity contribution >= 4 is 11.6 Å². The molecule has 0 aliphatic heterocycles. The van der Waals surface area contributed by atoms with Gasteiger partial charge in [0.15, 0.2) is 0 Å². The van der Waals surface area contributed by atoms with Gasteiger partial charge in [-0.25, -0.2) is 0 Å². The minimum Gasteiger partial charge on any atom is -0.497 e. The summed E-state index contributed by atoms with van der Waals surface area (Å²) in [6.07, 6.45) is 2.96. The van der Waals surface area contributed by atoms with Crippen LogP contribution in [-0.2, 0) is 17.9 Å². The molecule has 0 radical (unpaired) electrons. The van der Waals surface area contributed by atoms with Gasteiger partial charge in [-0.15, -0.1) is 0 Å². The summed E-state index contributed by atoms with van der Waals surface area (Å²) in [5.41, 5.74) is 2.15. The Labute approximate surface area is 168 Å². The van der Waals surface area contributed by atoms with E-state index < -0.39 is 11.1 Å². The lowest BCUT2D eigenvalue weighted by Crippen LogP contribution is -2.42. The van der Waals surface area contributed by atoms with Gasteiger partial charge in [-0.3, -0.25) is 19.0 Å². The summed E-state index contributed by atoms with van der Waals surface area (Å²) in [5, 5.41) is 2.76. The van der Waals surface area contributed by atoms with Crippen molar-refractivity contribution in [1.29, 1.82) is 0 Å². The van der Waals surface area contributed by atoms with Crippen molar-refractivity contribution in [3.63, 3.8) is 0 Å². The summed E-state index contributed by atoms with van der Waals surface area (Å²) >= 11 is 0. The molecule has 150 valence electrons. The number of rotatable bonds is 6. The molecule has 0 bridgehead atoms. The maximum atomic E-state index is 12.4. The summed E-state index contributed by atoms with van der Waals surface area (Å²) in [4.78, 5) is 37.1. The number of anilines is 1. The number of nitrogens with zero attached hydrogens (tertiary/aromatic N) is 2. The van der Waals surface area contributed by atoms with E-state index in [1.807, 2.05) is 44.2 Å². The molecule has 0 spiro atoms. The van der Waals surface area contributed by atoms with Crippen molar-refractivity contribution in [3.8, 4) is 5.75 Å². The lowest BCUT2D eigenvalue weighted by molar-refractivity contribution is -0.116. The van der Waals surface area contributed by atoms with Crippen LogP contribution in [0.2, 0.25) is 0 Å². The van der Waals surface area contributed by atoms with E-state index >= 15 is 0 Å². The van der Waals surface area contributed by atoms with E-state index in [4.69, 9.17) is 4.74 Å². The number of carbonyl (C=O) groups is 1. The fourth-order valence-electron chi connectivity index (χ4n) is 3.12. The Balaban J connectivity index is 1.73. The zero-order valence-corrected chi connectivity index (χ0v) is 16.6. The molecule has 0 saturated heterocycles. The molecule has 0 aliphatic rings. The zero-order valence-electron chi connectivity index (χ0n) is 16.6. The molecule has 2 aromatic carbocycles. The normalized spacial score (nSPS) is 10.6. The van der Waals surface area contributed by atoms with Crippen LogP contribution in [-0.4, -0.2) is 22.2 Å². The standard InChI is InChI=1S/C22H23N3O4/c1-15-10-16(2)12-18(11-15)23-20(26)14-25-9-8-24(21(27)22(25)28)13-17-4-6-19(29-3)7-5-17/h4-12H,13-14H2,1-3H3,(H,23,26). The summed E-state index contributed by atoms with van der Waals surface area (Å²) in [6, 6.07) is 12.9. The Bertz CT molecular complexity index is 1120. The van der Waals surface area contributed by atoms with Gasteiger partial charge in [0.1, 0.15) is 12.3 Å². The second-order valence-corrected chi connectivity index (χ2v) is 6.94. The average molecular weight is 393 g/mol. The molecule has 0 fully saturated rings. The van der Waals surface area contributed by atoms with Gasteiger partial charge in [0.05, 0.1) is 13.7 Å². The number of hydrogen-bond donors (Lipinski definition) is 1. The van der Waals surface area contributed by atoms with Crippen molar-refractivity contribution < 1.29 is 9.53 Å². The number of benzene rings is 2. The molecule has 3 aromatic rings. The summed E-state index contributed by atoms with van der Waals surface area (Å²) in [7, 11) is 1.58. The minimum absolute atomic E-state index is 0.232. The largest absolute Gasteiger partial charge is 0.497 e. The van der Waals surface area contributed by atoms with Crippen molar-refractivity contribution in [2.45, 2.75) is 26.9 Å². The Morgan fingerprint density at radius 1 is 0.931 bits per heavy atom. The van der Waals surface area contributed by atoms with E-state index in [9.17, 15) is 14.4 Å².